The average Bonchev–Trinajstić information content (AvgIpc) is 3.49. The summed E-state index contributed by atoms with van der Waals surface area (Å²) in [6, 6.07) is 14.4. The molecule has 1 saturated carbocycles. The van der Waals surface area contributed by atoms with Gasteiger partial charge in [-0.25, -0.2) is 0 Å². The van der Waals surface area contributed by atoms with Crippen molar-refractivity contribution >= 4 is 17.7 Å². The van der Waals surface area contributed by atoms with Crippen LogP contribution in [0.5, 0.6) is 5.75 Å². The van der Waals surface area contributed by atoms with Gasteiger partial charge < -0.3 is 9.64 Å². The number of tetrazole rings is 1. The first-order chi connectivity index (χ1) is 14.5. The van der Waals surface area contributed by atoms with Crippen LogP contribution in [0.1, 0.15) is 29.5 Å². The van der Waals surface area contributed by atoms with Crippen LogP contribution in [0.2, 0.25) is 0 Å². The Morgan fingerprint density at radius 1 is 1.20 bits per heavy atom. The van der Waals surface area contributed by atoms with E-state index in [0.717, 1.165) is 41.0 Å². The molecule has 0 atom stereocenters. The summed E-state index contributed by atoms with van der Waals surface area (Å²) in [5.74, 6) is 1.23. The van der Waals surface area contributed by atoms with E-state index in [1.807, 2.05) is 43.0 Å². The predicted molar refractivity (Wildman–Crippen MR) is 116 cm³/mol. The zero-order valence-electron chi connectivity index (χ0n) is 17.4. The number of carbonyl (C=O) groups is 1. The van der Waals surface area contributed by atoms with Gasteiger partial charge in [0.05, 0.1) is 18.6 Å². The maximum absolute atomic E-state index is 13.0. The van der Waals surface area contributed by atoms with Crippen molar-refractivity contribution in [3.05, 3.63) is 59.2 Å². The molecule has 4 rings (SSSR count). The zero-order valence-corrected chi connectivity index (χ0v) is 18.2. The number of hydrogen-bond acceptors (Lipinski definition) is 6. The minimum atomic E-state index is 0.105. The van der Waals surface area contributed by atoms with Gasteiger partial charge in [0.1, 0.15) is 5.75 Å². The van der Waals surface area contributed by atoms with E-state index < -0.39 is 0 Å². The maximum atomic E-state index is 13.0. The second-order valence-corrected chi connectivity index (χ2v) is 8.50. The smallest absolute Gasteiger partial charge is 0.233 e. The highest BCUT2D eigenvalue weighted by Crippen LogP contribution is 2.30. The summed E-state index contributed by atoms with van der Waals surface area (Å²) in [5, 5.41) is 12.7. The van der Waals surface area contributed by atoms with Gasteiger partial charge in [0.25, 0.3) is 0 Å². The van der Waals surface area contributed by atoms with Crippen molar-refractivity contribution in [1.29, 1.82) is 0 Å². The van der Waals surface area contributed by atoms with E-state index in [1.165, 1.54) is 11.8 Å². The topological polar surface area (TPSA) is 73.1 Å². The lowest BCUT2D eigenvalue weighted by molar-refractivity contribution is -0.129. The molecule has 1 fully saturated rings. The summed E-state index contributed by atoms with van der Waals surface area (Å²) < 4.78 is 6.93. The second kappa shape index (κ2) is 8.87. The Hall–Kier alpha value is -2.87. The molecule has 30 heavy (non-hydrogen) atoms. The van der Waals surface area contributed by atoms with Crippen LogP contribution in [0.15, 0.2) is 47.6 Å². The van der Waals surface area contributed by atoms with E-state index in [2.05, 4.69) is 33.7 Å². The molecule has 1 heterocycles. The quantitative estimate of drug-likeness (QED) is 0.516. The number of amides is 1. The standard InChI is InChI=1S/C22H25N5O2S/c1-15-4-5-16(2)20(12-15)27-22(23-24-25-27)30-14-21(28)26(18-8-9-18)13-17-6-10-19(29-3)11-7-17/h4-7,10-12,18H,8-9,13-14H2,1-3H3. The highest BCUT2D eigenvalue weighted by Gasteiger charge is 2.32. The number of methoxy groups -OCH3 is 1. The van der Waals surface area contributed by atoms with Crippen LogP contribution in [0, 0.1) is 13.8 Å². The first-order valence-corrected chi connectivity index (χ1v) is 10.9. The predicted octanol–water partition coefficient (Wildman–Crippen LogP) is 3.57. The third-order valence-electron chi connectivity index (χ3n) is 5.18. The third kappa shape index (κ3) is 4.64. The molecule has 0 unspecified atom stereocenters. The SMILES string of the molecule is COc1ccc(CN(C(=O)CSc2nnnn2-c2cc(C)ccc2C)C2CC2)cc1. The highest BCUT2D eigenvalue weighted by molar-refractivity contribution is 7.99. The number of hydrogen-bond donors (Lipinski definition) is 0. The van der Waals surface area contributed by atoms with Crippen LogP contribution < -0.4 is 4.74 Å². The van der Waals surface area contributed by atoms with Gasteiger partial charge >= 0.3 is 0 Å². The van der Waals surface area contributed by atoms with E-state index in [4.69, 9.17) is 4.74 Å². The third-order valence-corrected chi connectivity index (χ3v) is 6.08. The van der Waals surface area contributed by atoms with Gasteiger partial charge in [-0.2, -0.15) is 4.68 Å². The minimum absolute atomic E-state index is 0.105. The van der Waals surface area contributed by atoms with E-state index >= 15 is 0 Å². The number of benzene rings is 2. The van der Waals surface area contributed by atoms with Crippen LogP contribution >= 0.6 is 11.8 Å². The van der Waals surface area contributed by atoms with E-state index in [0.29, 0.717) is 23.5 Å². The summed E-state index contributed by atoms with van der Waals surface area (Å²) in [5.41, 5.74) is 4.26. The van der Waals surface area contributed by atoms with Crippen molar-refractivity contribution in [3.8, 4) is 11.4 Å². The van der Waals surface area contributed by atoms with Gasteiger partial charge in [-0.3, -0.25) is 4.79 Å². The van der Waals surface area contributed by atoms with Crippen molar-refractivity contribution in [2.24, 2.45) is 0 Å². The number of rotatable bonds is 8. The van der Waals surface area contributed by atoms with Crippen molar-refractivity contribution in [3.63, 3.8) is 0 Å². The first-order valence-electron chi connectivity index (χ1n) is 9.96. The molecule has 0 spiro atoms. The number of nitrogens with zero attached hydrogens (tertiary/aromatic N) is 5. The largest absolute Gasteiger partial charge is 0.497 e. The molecular formula is C22H25N5O2S. The number of carbonyl (C=O) groups excluding carboxylic acids is 1. The first kappa shape index (κ1) is 20.4. The number of ether oxygens (including phenoxy) is 1. The summed E-state index contributed by atoms with van der Waals surface area (Å²) in [4.78, 5) is 15.0. The van der Waals surface area contributed by atoms with E-state index in [9.17, 15) is 4.79 Å². The Morgan fingerprint density at radius 2 is 1.97 bits per heavy atom. The molecule has 0 aliphatic heterocycles. The lowest BCUT2D eigenvalue weighted by Gasteiger charge is -2.22. The molecule has 0 saturated heterocycles. The number of aryl methyl sites for hydroxylation is 2. The fourth-order valence-electron chi connectivity index (χ4n) is 3.31. The summed E-state index contributed by atoms with van der Waals surface area (Å²) in [6.07, 6.45) is 2.12. The number of aromatic nitrogens is 4. The molecule has 156 valence electrons. The zero-order chi connectivity index (χ0) is 21.1. The molecule has 0 bridgehead atoms. The van der Waals surface area contributed by atoms with Gasteiger partial charge in [0.15, 0.2) is 0 Å². The summed E-state index contributed by atoms with van der Waals surface area (Å²) in [6.45, 7) is 4.67. The normalized spacial score (nSPS) is 13.3. The van der Waals surface area contributed by atoms with Gasteiger partial charge in [-0.1, -0.05) is 36.0 Å². The van der Waals surface area contributed by atoms with Crippen LogP contribution in [-0.4, -0.2) is 49.9 Å². The van der Waals surface area contributed by atoms with Crippen molar-refractivity contribution in [2.45, 2.75) is 44.4 Å². The van der Waals surface area contributed by atoms with Gasteiger partial charge in [0, 0.05) is 12.6 Å². The molecule has 3 aromatic rings. The molecule has 7 nitrogen and oxygen atoms in total. The molecule has 1 aliphatic carbocycles. The Labute approximate surface area is 180 Å². The van der Waals surface area contributed by atoms with E-state index in [-0.39, 0.29) is 5.91 Å². The Bertz CT molecular complexity index is 1030. The summed E-state index contributed by atoms with van der Waals surface area (Å²) in [7, 11) is 1.65. The van der Waals surface area contributed by atoms with Crippen LogP contribution in [0.3, 0.4) is 0 Å². The van der Waals surface area contributed by atoms with Gasteiger partial charge in [-0.05, 0) is 72.0 Å². The van der Waals surface area contributed by atoms with Crippen molar-refractivity contribution in [1.82, 2.24) is 25.1 Å². The molecule has 2 aromatic carbocycles. The lowest BCUT2D eigenvalue weighted by atomic mass is 10.1. The van der Waals surface area contributed by atoms with Crippen molar-refractivity contribution in [2.75, 3.05) is 12.9 Å². The number of thioether (sulfide) groups is 1. The maximum Gasteiger partial charge on any atom is 0.233 e. The van der Waals surface area contributed by atoms with Gasteiger partial charge in [-0.15, -0.1) is 5.10 Å². The van der Waals surface area contributed by atoms with Gasteiger partial charge in [0.2, 0.25) is 11.1 Å². The molecular weight excluding hydrogens is 398 g/mol. The Morgan fingerprint density at radius 3 is 2.67 bits per heavy atom. The van der Waals surface area contributed by atoms with Crippen LogP contribution in [0.4, 0.5) is 0 Å². The minimum Gasteiger partial charge on any atom is -0.497 e. The molecule has 0 N–H and O–H groups in total. The lowest BCUT2D eigenvalue weighted by Crippen LogP contribution is -2.34. The Balaban J connectivity index is 1.44. The Kier molecular flexibility index (Phi) is 6.03. The second-order valence-electron chi connectivity index (χ2n) is 7.55. The molecule has 1 aliphatic rings. The molecule has 1 amide bonds. The van der Waals surface area contributed by atoms with Crippen molar-refractivity contribution < 1.29 is 9.53 Å². The fraction of sp³-hybridized carbons (Fsp3) is 0.364. The fourth-order valence-corrected chi connectivity index (χ4v) is 4.08. The van der Waals surface area contributed by atoms with Crippen LogP contribution in [0.25, 0.3) is 5.69 Å². The molecule has 0 radical (unpaired) electrons. The van der Waals surface area contributed by atoms with E-state index in [1.54, 1.807) is 11.8 Å². The molecule has 8 heteroatoms. The molecule has 1 aromatic heterocycles. The highest BCUT2D eigenvalue weighted by atomic mass is 32.2. The average molecular weight is 424 g/mol. The summed E-state index contributed by atoms with van der Waals surface area (Å²) >= 11 is 1.38. The van der Waals surface area contributed by atoms with Crippen LogP contribution in [-0.2, 0) is 11.3 Å². The monoisotopic (exact) mass is 423 g/mol.